The molecule has 0 unspecified atom stereocenters. The van der Waals surface area contributed by atoms with Gasteiger partial charge in [-0.2, -0.15) is 0 Å². The average molecular weight is 297 g/mol. The van der Waals surface area contributed by atoms with Gasteiger partial charge in [0.1, 0.15) is 5.75 Å². The second kappa shape index (κ2) is 6.30. The normalized spacial score (nSPS) is 16.9. The average Bonchev–Trinajstić information content (AvgIpc) is 2.95. The lowest BCUT2D eigenvalue weighted by atomic mass is 9.97. The van der Waals surface area contributed by atoms with Gasteiger partial charge in [0.25, 0.3) is 0 Å². The molecular formula is C17H15NO4. The molecule has 0 bridgehead atoms. The van der Waals surface area contributed by atoms with Gasteiger partial charge in [0, 0.05) is 17.2 Å². The number of para-hydroxylation sites is 2. The molecule has 0 aliphatic carbocycles. The summed E-state index contributed by atoms with van der Waals surface area (Å²) >= 11 is 0. The smallest absolute Gasteiger partial charge is 0.417 e. The number of hydrogen-bond donors (Lipinski definition) is 1. The van der Waals surface area contributed by atoms with E-state index < -0.39 is 6.09 Å². The minimum atomic E-state index is -0.566. The number of carbonyl (C=O) groups is 2. The van der Waals surface area contributed by atoms with Crippen LogP contribution < -0.4 is 10.1 Å². The highest BCUT2D eigenvalue weighted by Gasteiger charge is 2.28. The molecule has 1 amide bonds. The van der Waals surface area contributed by atoms with E-state index in [1.165, 1.54) is 0 Å². The van der Waals surface area contributed by atoms with Gasteiger partial charge in [-0.15, -0.1) is 0 Å². The number of rotatable bonds is 3. The molecule has 22 heavy (non-hydrogen) atoms. The topological polar surface area (TPSA) is 64.6 Å². The quantitative estimate of drug-likeness (QED) is 0.883. The second-order valence-corrected chi connectivity index (χ2v) is 5.00. The molecule has 1 atom stereocenters. The summed E-state index contributed by atoms with van der Waals surface area (Å²) in [4.78, 5) is 23.2. The van der Waals surface area contributed by atoms with Crippen LogP contribution in [0, 0.1) is 0 Å². The summed E-state index contributed by atoms with van der Waals surface area (Å²) < 4.78 is 10.4. The molecule has 1 heterocycles. The van der Waals surface area contributed by atoms with Crippen LogP contribution in [0.5, 0.6) is 5.75 Å². The first-order valence-corrected chi connectivity index (χ1v) is 7.01. The van der Waals surface area contributed by atoms with Crippen LogP contribution in [-0.4, -0.2) is 18.7 Å². The third kappa shape index (κ3) is 3.25. The third-order valence-corrected chi connectivity index (χ3v) is 3.44. The molecule has 5 nitrogen and oxygen atoms in total. The third-order valence-electron chi connectivity index (χ3n) is 3.44. The van der Waals surface area contributed by atoms with Crippen LogP contribution in [0.4, 0.5) is 10.5 Å². The largest absolute Gasteiger partial charge is 0.465 e. The number of esters is 1. The summed E-state index contributed by atoms with van der Waals surface area (Å²) in [5.74, 6) is 0.140. The number of anilines is 1. The minimum absolute atomic E-state index is 0.0757. The number of amides is 1. The maximum absolute atomic E-state index is 12.0. The first-order chi connectivity index (χ1) is 10.7. The highest BCUT2D eigenvalue weighted by molar-refractivity contribution is 5.86. The highest BCUT2D eigenvalue weighted by atomic mass is 16.6. The molecule has 1 N–H and O–H groups in total. The molecule has 2 aromatic rings. The summed E-state index contributed by atoms with van der Waals surface area (Å²) in [7, 11) is 0. The van der Waals surface area contributed by atoms with Crippen molar-refractivity contribution in [3.63, 3.8) is 0 Å². The van der Waals surface area contributed by atoms with Crippen LogP contribution in [0.2, 0.25) is 0 Å². The maximum Gasteiger partial charge on any atom is 0.417 e. The van der Waals surface area contributed by atoms with Crippen molar-refractivity contribution >= 4 is 17.7 Å². The first kappa shape index (κ1) is 14.1. The number of hydrogen-bond acceptors (Lipinski definition) is 4. The molecule has 112 valence electrons. The van der Waals surface area contributed by atoms with Gasteiger partial charge in [-0.05, 0) is 18.2 Å². The number of cyclic esters (lactones) is 1. The molecule has 1 saturated heterocycles. The van der Waals surface area contributed by atoms with E-state index in [-0.39, 0.29) is 11.9 Å². The van der Waals surface area contributed by atoms with Crippen LogP contribution in [-0.2, 0) is 9.53 Å². The Balaban J connectivity index is 1.72. The molecular weight excluding hydrogens is 282 g/mol. The van der Waals surface area contributed by atoms with Gasteiger partial charge in [0.05, 0.1) is 13.0 Å². The predicted octanol–water partition coefficient (Wildman–Crippen LogP) is 3.33. The molecule has 3 rings (SSSR count). The summed E-state index contributed by atoms with van der Waals surface area (Å²) in [6.45, 7) is 0.319. The molecule has 1 aliphatic rings. The van der Waals surface area contributed by atoms with Gasteiger partial charge in [-0.1, -0.05) is 36.4 Å². The van der Waals surface area contributed by atoms with Gasteiger partial charge >= 0.3 is 12.1 Å². The van der Waals surface area contributed by atoms with Crippen molar-refractivity contribution in [2.45, 2.75) is 12.3 Å². The highest BCUT2D eigenvalue weighted by Crippen LogP contribution is 2.33. The fourth-order valence-electron chi connectivity index (χ4n) is 2.39. The van der Waals surface area contributed by atoms with E-state index in [1.54, 1.807) is 24.3 Å². The number of ether oxygens (including phenoxy) is 2. The van der Waals surface area contributed by atoms with Crippen LogP contribution >= 0.6 is 0 Å². The van der Waals surface area contributed by atoms with Crippen molar-refractivity contribution in [3.05, 3.63) is 60.2 Å². The summed E-state index contributed by atoms with van der Waals surface area (Å²) in [5, 5.41) is 2.66. The van der Waals surface area contributed by atoms with Crippen molar-refractivity contribution in [3.8, 4) is 5.75 Å². The molecule has 0 saturated carbocycles. The Bertz CT molecular complexity index is 684. The maximum atomic E-state index is 12.0. The van der Waals surface area contributed by atoms with E-state index in [9.17, 15) is 9.59 Å². The Morgan fingerprint density at radius 3 is 2.55 bits per heavy atom. The van der Waals surface area contributed by atoms with E-state index in [1.807, 2.05) is 30.3 Å². The van der Waals surface area contributed by atoms with Crippen molar-refractivity contribution < 1.29 is 19.1 Å². The summed E-state index contributed by atoms with van der Waals surface area (Å²) in [6.07, 6.45) is -0.260. The van der Waals surface area contributed by atoms with Crippen molar-refractivity contribution in [2.24, 2.45) is 0 Å². The molecule has 0 radical (unpaired) electrons. The lowest BCUT2D eigenvalue weighted by Crippen LogP contribution is -2.18. The van der Waals surface area contributed by atoms with Gasteiger partial charge < -0.3 is 9.47 Å². The monoisotopic (exact) mass is 297 g/mol. The lowest BCUT2D eigenvalue weighted by Gasteiger charge is -2.13. The zero-order chi connectivity index (χ0) is 15.4. The molecule has 1 fully saturated rings. The van der Waals surface area contributed by atoms with Gasteiger partial charge in [-0.3, -0.25) is 10.1 Å². The van der Waals surface area contributed by atoms with Gasteiger partial charge in [0.15, 0.2) is 0 Å². The van der Waals surface area contributed by atoms with Crippen LogP contribution in [0.25, 0.3) is 0 Å². The number of carbonyl (C=O) groups excluding carboxylic acids is 2. The molecule has 2 aromatic carbocycles. The van der Waals surface area contributed by atoms with Gasteiger partial charge in [-0.25, -0.2) is 4.79 Å². The van der Waals surface area contributed by atoms with Crippen molar-refractivity contribution in [1.29, 1.82) is 0 Å². The van der Waals surface area contributed by atoms with E-state index in [4.69, 9.17) is 9.47 Å². The number of benzene rings is 2. The van der Waals surface area contributed by atoms with Crippen molar-refractivity contribution in [1.82, 2.24) is 0 Å². The standard InChI is InChI=1S/C17H15NO4/c19-16-10-12(11-21-16)14-8-4-5-9-15(14)22-17(20)18-13-6-2-1-3-7-13/h1-9,12H,10-11H2,(H,18,20)/t12-/m1/s1. The molecule has 0 aromatic heterocycles. The zero-order valence-corrected chi connectivity index (χ0v) is 11.8. The summed E-state index contributed by atoms with van der Waals surface area (Å²) in [5.41, 5.74) is 1.46. The number of nitrogens with one attached hydrogen (secondary N) is 1. The van der Waals surface area contributed by atoms with E-state index in [0.717, 1.165) is 5.56 Å². The van der Waals surface area contributed by atoms with Crippen molar-refractivity contribution in [2.75, 3.05) is 11.9 Å². The fourth-order valence-corrected chi connectivity index (χ4v) is 2.39. The molecule has 5 heteroatoms. The Labute approximate surface area is 127 Å². The minimum Gasteiger partial charge on any atom is -0.465 e. The molecule has 0 spiro atoms. The Hall–Kier alpha value is -2.82. The zero-order valence-electron chi connectivity index (χ0n) is 11.8. The fraction of sp³-hybridized carbons (Fsp3) is 0.176. The molecule has 1 aliphatic heterocycles. The van der Waals surface area contributed by atoms with E-state index >= 15 is 0 Å². The van der Waals surface area contributed by atoms with Gasteiger partial charge in [0.2, 0.25) is 0 Å². The van der Waals surface area contributed by atoms with E-state index in [2.05, 4.69) is 5.32 Å². The Kier molecular flexibility index (Phi) is 4.05. The SMILES string of the molecule is O=C1C[C@@H](c2ccccc2OC(=O)Nc2ccccc2)CO1. The summed E-state index contributed by atoms with van der Waals surface area (Å²) in [6, 6.07) is 16.2. The first-order valence-electron chi connectivity index (χ1n) is 7.01. The Morgan fingerprint density at radius 2 is 1.82 bits per heavy atom. The second-order valence-electron chi connectivity index (χ2n) is 5.00. The van der Waals surface area contributed by atoms with Crippen LogP contribution in [0.15, 0.2) is 54.6 Å². The van der Waals surface area contributed by atoms with Crippen LogP contribution in [0.3, 0.4) is 0 Å². The van der Waals surface area contributed by atoms with E-state index in [0.29, 0.717) is 24.5 Å². The predicted molar refractivity (Wildman–Crippen MR) is 80.8 cm³/mol. The lowest BCUT2D eigenvalue weighted by molar-refractivity contribution is -0.137. The van der Waals surface area contributed by atoms with Crippen LogP contribution in [0.1, 0.15) is 17.9 Å². The Morgan fingerprint density at radius 1 is 1.09 bits per heavy atom.